The lowest BCUT2D eigenvalue weighted by molar-refractivity contribution is 1.18. The normalized spacial score (nSPS) is 11.9. The predicted octanol–water partition coefficient (Wildman–Crippen LogP) is 13.9. The number of hydrogen-bond donors (Lipinski definition) is 0. The highest BCUT2D eigenvalue weighted by molar-refractivity contribution is 6.28. The average molecular weight is 646 g/mol. The maximum atomic E-state index is 2.45. The number of fused-ring (bicyclic) bond motifs is 10. The van der Waals surface area contributed by atoms with E-state index < -0.39 is 0 Å². The molecule has 1 aromatic heterocycles. The third-order valence-electron chi connectivity index (χ3n) is 10.9. The van der Waals surface area contributed by atoms with Crippen LogP contribution >= 0.6 is 0 Å². The Bertz CT molecular complexity index is 3030. The molecule has 0 radical (unpaired) electrons. The van der Waals surface area contributed by atoms with E-state index in [9.17, 15) is 0 Å². The molecule has 10 aromatic carbocycles. The van der Waals surface area contributed by atoms with E-state index in [1.807, 2.05) is 0 Å². The smallest absolute Gasteiger partial charge is 0.0547 e. The van der Waals surface area contributed by atoms with Gasteiger partial charge < -0.3 is 4.57 Å². The van der Waals surface area contributed by atoms with Crippen molar-refractivity contribution in [3.63, 3.8) is 0 Å². The molecule has 0 aliphatic carbocycles. The van der Waals surface area contributed by atoms with Crippen molar-refractivity contribution in [2.75, 3.05) is 0 Å². The van der Waals surface area contributed by atoms with Crippen LogP contribution in [0.5, 0.6) is 0 Å². The molecule has 0 atom stereocenters. The highest BCUT2D eigenvalue weighted by Crippen LogP contribution is 2.45. The zero-order chi connectivity index (χ0) is 33.5. The minimum Gasteiger partial charge on any atom is -0.309 e. The molecular formula is C50H31N. The summed E-state index contributed by atoms with van der Waals surface area (Å²) in [6.07, 6.45) is 0. The number of hydrogen-bond acceptors (Lipinski definition) is 0. The Labute approximate surface area is 295 Å². The van der Waals surface area contributed by atoms with Crippen LogP contribution in [0.25, 0.3) is 104 Å². The van der Waals surface area contributed by atoms with Crippen molar-refractivity contribution in [3.8, 4) is 27.9 Å². The molecule has 1 nitrogen and oxygen atoms in total. The molecule has 0 spiro atoms. The summed E-state index contributed by atoms with van der Waals surface area (Å²) < 4.78 is 2.45. The second-order valence-corrected chi connectivity index (χ2v) is 13.6. The van der Waals surface area contributed by atoms with Gasteiger partial charge in [-0.1, -0.05) is 158 Å². The quantitative estimate of drug-likeness (QED) is 0.169. The van der Waals surface area contributed by atoms with Gasteiger partial charge in [-0.05, 0) is 106 Å². The fourth-order valence-electron chi connectivity index (χ4n) is 8.70. The molecule has 0 unspecified atom stereocenters. The van der Waals surface area contributed by atoms with Gasteiger partial charge in [0.05, 0.1) is 11.0 Å². The van der Waals surface area contributed by atoms with E-state index >= 15 is 0 Å². The first-order chi connectivity index (χ1) is 25.3. The predicted molar refractivity (Wildman–Crippen MR) is 219 cm³/mol. The van der Waals surface area contributed by atoms with Crippen LogP contribution in [0.1, 0.15) is 0 Å². The van der Waals surface area contributed by atoms with Crippen molar-refractivity contribution >= 4 is 75.7 Å². The Morgan fingerprint density at radius 2 is 0.667 bits per heavy atom. The lowest BCUT2D eigenvalue weighted by atomic mass is 9.85. The third kappa shape index (κ3) is 4.16. The fraction of sp³-hybridized carbons (Fsp3) is 0. The summed E-state index contributed by atoms with van der Waals surface area (Å²) >= 11 is 0. The SMILES string of the molecule is c1ccc2cc(-c3c4ccccc4c(-c4ccc(-n5c6ccc7ccccc7c6c6c7ccccc7ccc65)cc4)c4ccccc34)ccc2c1. The van der Waals surface area contributed by atoms with Crippen LogP contribution in [-0.2, 0) is 0 Å². The molecule has 11 rings (SSSR count). The first-order valence-corrected chi connectivity index (χ1v) is 17.7. The molecule has 11 aromatic rings. The average Bonchev–Trinajstić information content (AvgIpc) is 3.55. The summed E-state index contributed by atoms with van der Waals surface area (Å²) in [4.78, 5) is 0. The van der Waals surface area contributed by atoms with E-state index in [1.54, 1.807) is 0 Å². The number of aromatic nitrogens is 1. The lowest BCUT2D eigenvalue weighted by Gasteiger charge is -2.18. The monoisotopic (exact) mass is 645 g/mol. The third-order valence-corrected chi connectivity index (χ3v) is 10.9. The molecule has 51 heavy (non-hydrogen) atoms. The summed E-state index contributed by atoms with van der Waals surface area (Å²) in [6.45, 7) is 0. The van der Waals surface area contributed by atoms with E-state index in [4.69, 9.17) is 0 Å². The Morgan fingerprint density at radius 1 is 0.275 bits per heavy atom. The highest BCUT2D eigenvalue weighted by Gasteiger charge is 2.19. The Balaban J connectivity index is 1.15. The second-order valence-electron chi connectivity index (χ2n) is 13.6. The fourth-order valence-corrected chi connectivity index (χ4v) is 8.70. The van der Waals surface area contributed by atoms with Crippen LogP contribution in [0.3, 0.4) is 0 Å². The molecule has 0 fully saturated rings. The largest absolute Gasteiger partial charge is 0.309 e. The Morgan fingerprint density at radius 3 is 1.20 bits per heavy atom. The molecule has 1 heterocycles. The zero-order valence-corrected chi connectivity index (χ0v) is 27.8. The van der Waals surface area contributed by atoms with Gasteiger partial charge in [0.25, 0.3) is 0 Å². The van der Waals surface area contributed by atoms with E-state index in [2.05, 4.69) is 193 Å². The van der Waals surface area contributed by atoms with Gasteiger partial charge in [-0.25, -0.2) is 0 Å². The lowest BCUT2D eigenvalue weighted by Crippen LogP contribution is -1.95. The van der Waals surface area contributed by atoms with Crippen molar-refractivity contribution in [1.29, 1.82) is 0 Å². The van der Waals surface area contributed by atoms with Crippen LogP contribution in [0.15, 0.2) is 188 Å². The molecule has 0 amide bonds. The molecular weight excluding hydrogens is 615 g/mol. The molecule has 0 bridgehead atoms. The summed E-state index contributed by atoms with van der Waals surface area (Å²) in [6, 6.07) is 69.3. The first-order valence-electron chi connectivity index (χ1n) is 17.7. The van der Waals surface area contributed by atoms with Crippen LogP contribution in [0, 0.1) is 0 Å². The minimum atomic E-state index is 1.16. The van der Waals surface area contributed by atoms with Crippen LogP contribution < -0.4 is 0 Å². The molecule has 0 N–H and O–H groups in total. The van der Waals surface area contributed by atoms with Crippen molar-refractivity contribution in [2.45, 2.75) is 0 Å². The van der Waals surface area contributed by atoms with Gasteiger partial charge in [0.15, 0.2) is 0 Å². The molecule has 0 aliphatic heterocycles. The van der Waals surface area contributed by atoms with Crippen LogP contribution in [-0.4, -0.2) is 4.57 Å². The first kappa shape index (κ1) is 28.2. The van der Waals surface area contributed by atoms with Gasteiger partial charge in [0.1, 0.15) is 0 Å². The van der Waals surface area contributed by atoms with Crippen LogP contribution in [0.2, 0.25) is 0 Å². The maximum absolute atomic E-state index is 2.45. The van der Waals surface area contributed by atoms with Crippen molar-refractivity contribution in [1.82, 2.24) is 4.57 Å². The Hall–Kier alpha value is -6.70. The van der Waals surface area contributed by atoms with Crippen LogP contribution in [0.4, 0.5) is 0 Å². The van der Waals surface area contributed by atoms with E-state index in [0.717, 1.165) is 5.69 Å². The Kier molecular flexibility index (Phi) is 6.02. The maximum Gasteiger partial charge on any atom is 0.0547 e. The highest BCUT2D eigenvalue weighted by atomic mass is 15.0. The van der Waals surface area contributed by atoms with E-state index in [1.165, 1.54) is 97.9 Å². The van der Waals surface area contributed by atoms with Gasteiger partial charge in [0, 0.05) is 16.5 Å². The summed E-state index contributed by atoms with van der Waals surface area (Å²) in [5, 5.41) is 15.3. The number of nitrogens with zero attached hydrogens (tertiary/aromatic N) is 1. The van der Waals surface area contributed by atoms with Gasteiger partial charge in [-0.3, -0.25) is 0 Å². The molecule has 1 heteroatoms. The minimum absolute atomic E-state index is 1.16. The molecule has 236 valence electrons. The zero-order valence-electron chi connectivity index (χ0n) is 27.8. The number of benzene rings is 10. The summed E-state index contributed by atoms with van der Waals surface area (Å²) in [5.41, 5.74) is 8.63. The van der Waals surface area contributed by atoms with Gasteiger partial charge in [0.2, 0.25) is 0 Å². The summed E-state index contributed by atoms with van der Waals surface area (Å²) in [7, 11) is 0. The van der Waals surface area contributed by atoms with Crippen molar-refractivity contribution < 1.29 is 0 Å². The summed E-state index contributed by atoms with van der Waals surface area (Å²) in [5.74, 6) is 0. The molecule has 0 aliphatic rings. The second kappa shape index (κ2) is 10.9. The van der Waals surface area contributed by atoms with Gasteiger partial charge >= 0.3 is 0 Å². The van der Waals surface area contributed by atoms with E-state index in [-0.39, 0.29) is 0 Å². The molecule has 0 saturated carbocycles. The molecule has 0 saturated heterocycles. The van der Waals surface area contributed by atoms with Crippen molar-refractivity contribution in [3.05, 3.63) is 188 Å². The van der Waals surface area contributed by atoms with Crippen molar-refractivity contribution in [2.24, 2.45) is 0 Å². The van der Waals surface area contributed by atoms with E-state index in [0.29, 0.717) is 0 Å². The van der Waals surface area contributed by atoms with Gasteiger partial charge in [-0.2, -0.15) is 0 Å². The number of rotatable bonds is 3. The topological polar surface area (TPSA) is 4.93 Å². The standard InChI is InChI=1S/C50H31N/c1-2-14-36-31-37(22-21-32(36)11-1)48-43-19-9-7-17-41(43)47(42-18-8-10-20-44(42)48)35-23-27-38(28-24-35)51-45-29-25-33-12-3-5-15-39(33)49(45)50-40-16-6-4-13-34(40)26-30-46(50)51/h1-31H. The van der Waals surface area contributed by atoms with Gasteiger partial charge in [-0.15, -0.1) is 0 Å².